The molecule has 0 radical (unpaired) electrons. The van der Waals surface area contributed by atoms with Crippen LogP contribution in [0.1, 0.15) is 18.4 Å². The highest BCUT2D eigenvalue weighted by Gasteiger charge is 2.16. The number of para-hydroxylation sites is 1. The Morgan fingerprint density at radius 1 is 1.05 bits per heavy atom. The molecule has 0 aliphatic carbocycles. The summed E-state index contributed by atoms with van der Waals surface area (Å²) in [5.41, 5.74) is 5.08. The summed E-state index contributed by atoms with van der Waals surface area (Å²) in [5.74, 6) is 0. The van der Waals surface area contributed by atoms with Crippen molar-refractivity contribution in [1.29, 1.82) is 0 Å². The summed E-state index contributed by atoms with van der Waals surface area (Å²) in [5, 5.41) is 1.12. The Balaban J connectivity index is 1.79. The van der Waals surface area contributed by atoms with E-state index in [0.717, 1.165) is 10.5 Å². The van der Waals surface area contributed by atoms with Crippen molar-refractivity contribution in [2.45, 2.75) is 19.8 Å². The van der Waals surface area contributed by atoms with Crippen molar-refractivity contribution < 1.29 is 0 Å². The predicted octanol–water partition coefficient (Wildman–Crippen LogP) is 4.87. The summed E-state index contributed by atoms with van der Waals surface area (Å²) < 4.78 is 1.26. The largest absolute Gasteiger partial charge is 0.371 e. The van der Waals surface area contributed by atoms with Gasteiger partial charge in [-0.05, 0) is 43.5 Å². The Morgan fingerprint density at radius 3 is 2.67 bits per heavy atom. The molecule has 0 spiro atoms. The summed E-state index contributed by atoms with van der Waals surface area (Å²) in [6, 6.07) is 15.1. The number of aromatic nitrogens is 1. The molecule has 1 aliphatic heterocycles. The van der Waals surface area contributed by atoms with Crippen LogP contribution in [0.15, 0.2) is 42.5 Å². The van der Waals surface area contributed by atoms with Crippen LogP contribution in [0.4, 0.5) is 5.69 Å². The number of rotatable bonds is 2. The fourth-order valence-corrected chi connectivity index (χ4v) is 4.00. The quantitative estimate of drug-likeness (QED) is 0.670. The second-order valence-electron chi connectivity index (χ2n) is 5.68. The van der Waals surface area contributed by atoms with Crippen LogP contribution in [0.3, 0.4) is 0 Å². The first-order chi connectivity index (χ1) is 10.3. The average molecular weight is 294 g/mol. The smallest absolute Gasteiger partial charge is 0.124 e. The molecule has 1 aromatic heterocycles. The van der Waals surface area contributed by atoms with Crippen molar-refractivity contribution >= 4 is 27.2 Å². The van der Waals surface area contributed by atoms with E-state index in [2.05, 4.69) is 54.3 Å². The van der Waals surface area contributed by atoms with Crippen molar-refractivity contribution in [3.05, 3.63) is 48.0 Å². The third kappa shape index (κ3) is 2.32. The van der Waals surface area contributed by atoms with Crippen molar-refractivity contribution in [1.82, 2.24) is 4.98 Å². The van der Waals surface area contributed by atoms with Gasteiger partial charge in [0.2, 0.25) is 0 Å². The van der Waals surface area contributed by atoms with Crippen LogP contribution in [0, 0.1) is 6.92 Å². The second kappa shape index (κ2) is 5.15. The lowest BCUT2D eigenvalue weighted by atomic mass is 10.1. The van der Waals surface area contributed by atoms with Gasteiger partial charge in [0, 0.05) is 24.3 Å². The first-order valence-corrected chi connectivity index (χ1v) is 8.34. The van der Waals surface area contributed by atoms with Gasteiger partial charge in [0.25, 0.3) is 0 Å². The molecule has 0 saturated carbocycles. The standard InChI is InChI=1S/C18H18N2S/c1-13-8-9-14(12-16(13)20-10-4-5-11-20)18-19-15-6-2-3-7-17(15)21-18/h2-3,6-9,12H,4-5,10-11H2,1H3. The van der Waals surface area contributed by atoms with Crippen molar-refractivity contribution in [3.8, 4) is 10.6 Å². The minimum atomic E-state index is 1.10. The summed E-state index contributed by atoms with van der Waals surface area (Å²) in [4.78, 5) is 7.29. The van der Waals surface area contributed by atoms with Crippen LogP contribution < -0.4 is 4.90 Å². The molecular formula is C18H18N2S. The monoisotopic (exact) mass is 294 g/mol. The van der Waals surface area contributed by atoms with Crippen molar-refractivity contribution in [2.75, 3.05) is 18.0 Å². The molecule has 3 aromatic rings. The maximum absolute atomic E-state index is 4.78. The highest BCUT2D eigenvalue weighted by Crippen LogP contribution is 2.34. The van der Waals surface area contributed by atoms with Gasteiger partial charge < -0.3 is 4.90 Å². The van der Waals surface area contributed by atoms with Crippen molar-refractivity contribution in [2.24, 2.45) is 0 Å². The lowest BCUT2D eigenvalue weighted by Crippen LogP contribution is -2.18. The molecule has 2 nitrogen and oxygen atoms in total. The molecule has 1 saturated heterocycles. The number of aryl methyl sites for hydroxylation is 1. The van der Waals surface area contributed by atoms with Gasteiger partial charge in [-0.25, -0.2) is 4.98 Å². The fourth-order valence-electron chi connectivity index (χ4n) is 3.04. The zero-order valence-electron chi connectivity index (χ0n) is 12.2. The van der Waals surface area contributed by atoms with Gasteiger partial charge in [0.15, 0.2) is 0 Å². The number of fused-ring (bicyclic) bond motifs is 1. The third-order valence-electron chi connectivity index (χ3n) is 4.20. The van der Waals surface area contributed by atoms with E-state index in [1.165, 1.54) is 47.4 Å². The van der Waals surface area contributed by atoms with Gasteiger partial charge in [0.1, 0.15) is 5.01 Å². The number of anilines is 1. The van der Waals surface area contributed by atoms with E-state index < -0.39 is 0 Å². The Bertz CT molecular complexity index is 752. The number of thiazole rings is 1. The van der Waals surface area contributed by atoms with Crippen LogP contribution in [-0.4, -0.2) is 18.1 Å². The predicted molar refractivity (Wildman–Crippen MR) is 91.2 cm³/mol. The Kier molecular flexibility index (Phi) is 3.15. The summed E-state index contributed by atoms with van der Waals surface area (Å²) in [7, 11) is 0. The van der Waals surface area contributed by atoms with Crippen LogP contribution in [0.2, 0.25) is 0 Å². The highest BCUT2D eigenvalue weighted by molar-refractivity contribution is 7.21. The Morgan fingerprint density at radius 2 is 1.86 bits per heavy atom. The molecule has 0 N–H and O–H groups in total. The molecule has 106 valence electrons. The van der Waals surface area contributed by atoms with Gasteiger partial charge in [-0.3, -0.25) is 0 Å². The number of hydrogen-bond donors (Lipinski definition) is 0. The molecule has 2 heterocycles. The van der Waals surface area contributed by atoms with E-state index in [-0.39, 0.29) is 0 Å². The van der Waals surface area contributed by atoms with E-state index in [4.69, 9.17) is 4.98 Å². The first-order valence-electron chi connectivity index (χ1n) is 7.53. The second-order valence-corrected chi connectivity index (χ2v) is 6.71. The Hall–Kier alpha value is -1.87. The molecule has 3 heteroatoms. The van der Waals surface area contributed by atoms with Crippen LogP contribution in [0.5, 0.6) is 0 Å². The fraction of sp³-hybridized carbons (Fsp3) is 0.278. The van der Waals surface area contributed by atoms with Crippen LogP contribution >= 0.6 is 11.3 Å². The zero-order chi connectivity index (χ0) is 14.2. The van der Waals surface area contributed by atoms with Gasteiger partial charge in [0.05, 0.1) is 10.2 Å². The molecule has 0 bridgehead atoms. The minimum Gasteiger partial charge on any atom is -0.371 e. The molecule has 0 unspecified atom stereocenters. The zero-order valence-corrected chi connectivity index (χ0v) is 13.0. The van der Waals surface area contributed by atoms with E-state index >= 15 is 0 Å². The summed E-state index contributed by atoms with van der Waals surface area (Å²) in [6.45, 7) is 4.57. The number of nitrogens with zero attached hydrogens (tertiary/aromatic N) is 2. The van der Waals surface area contributed by atoms with Gasteiger partial charge in [-0.15, -0.1) is 11.3 Å². The SMILES string of the molecule is Cc1ccc(-c2nc3ccccc3s2)cc1N1CCCC1. The van der Waals surface area contributed by atoms with Crippen LogP contribution in [-0.2, 0) is 0 Å². The lowest BCUT2D eigenvalue weighted by Gasteiger charge is -2.20. The lowest BCUT2D eigenvalue weighted by molar-refractivity contribution is 0.949. The van der Waals surface area contributed by atoms with E-state index in [1.807, 2.05) is 0 Å². The summed E-state index contributed by atoms with van der Waals surface area (Å²) >= 11 is 1.78. The molecular weight excluding hydrogens is 276 g/mol. The average Bonchev–Trinajstić information content (AvgIpc) is 3.17. The third-order valence-corrected chi connectivity index (χ3v) is 5.28. The maximum Gasteiger partial charge on any atom is 0.124 e. The number of hydrogen-bond acceptors (Lipinski definition) is 3. The van der Waals surface area contributed by atoms with Crippen molar-refractivity contribution in [3.63, 3.8) is 0 Å². The van der Waals surface area contributed by atoms with E-state index in [9.17, 15) is 0 Å². The molecule has 0 atom stereocenters. The molecule has 1 fully saturated rings. The molecule has 21 heavy (non-hydrogen) atoms. The topological polar surface area (TPSA) is 16.1 Å². The van der Waals surface area contributed by atoms with E-state index in [1.54, 1.807) is 11.3 Å². The molecule has 0 amide bonds. The first kappa shape index (κ1) is 12.8. The van der Waals surface area contributed by atoms with Gasteiger partial charge in [-0.1, -0.05) is 24.3 Å². The molecule has 1 aliphatic rings. The van der Waals surface area contributed by atoms with Gasteiger partial charge in [-0.2, -0.15) is 0 Å². The summed E-state index contributed by atoms with van der Waals surface area (Å²) in [6.07, 6.45) is 2.62. The van der Waals surface area contributed by atoms with E-state index in [0.29, 0.717) is 0 Å². The maximum atomic E-state index is 4.78. The molecule has 4 rings (SSSR count). The highest BCUT2D eigenvalue weighted by atomic mass is 32.1. The minimum absolute atomic E-state index is 1.10. The normalized spacial score (nSPS) is 15.0. The van der Waals surface area contributed by atoms with Crippen LogP contribution in [0.25, 0.3) is 20.8 Å². The van der Waals surface area contributed by atoms with Gasteiger partial charge >= 0.3 is 0 Å². The molecule has 2 aromatic carbocycles. The Labute approximate surface area is 129 Å². The number of benzene rings is 2.